The van der Waals surface area contributed by atoms with Crippen molar-refractivity contribution < 1.29 is 185 Å². The number of hydrogen-bond donors (Lipinski definition) is 31. The van der Waals surface area contributed by atoms with Gasteiger partial charge in [-0.3, -0.25) is 47.9 Å². The van der Waals surface area contributed by atoms with E-state index in [0.29, 0.717) is 25.9 Å². The number of nitrogens with zero attached hydrogens (tertiary/aromatic N) is 11. The van der Waals surface area contributed by atoms with Gasteiger partial charge < -0.3 is 175 Å². The molecule has 145 heavy (non-hydrogen) atoms. The topological polar surface area (TPSA) is 1100 Å². The summed E-state index contributed by atoms with van der Waals surface area (Å²) >= 11 is 0. The Labute approximate surface area is 839 Å². The second-order valence-corrected chi connectivity index (χ2v) is 45.8. The van der Waals surface area contributed by atoms with E-state index < -0.39 is 298 Å². The highest BCUT2D eigenvalue weighted by Gasteiger charge is 2.61. The number of ether oxygens (including phenoxy) is 1. The number of anilines is 1. The van der Waals surface area contributed by atoms with Gasteiger partial charge in [0.15, 0.2) is 0 Å². The first-order valence-corrected chi connectivity index (χ1v) is 52.9. The van der Waals surface area contributed by atoms with Gasteiger partial charge in [0.25, 0.3) is 38.1 Å². The van der Waals surface area contributed by atoms with Crippen LogP contribution in [0.2, 0.25) is 31.6 Å². The lowest BCUT2D eigenvalue weighted by Gasteiger charge is -2.37. The highest BCUT2D eigenvalue weighted by atomic mass is 32.2. The summed E-state index contributed by atoms with van der Waals surface area (Å²) in [5.41, 5.74) is 65.0. The SMILES string of the molecule is CCN(CC(N)C(=O)O)S(=O)(=O)N1C[C@H](CCCB(O)O)[C@](N)(C(=O)O)C1.CN(CC(N)C(=O)O)S(=O)(=O)N1C[C@H](CCCB(O)O)[C@](N)(C(=O)O)C1.NCC(N)C(=O)N(C1CCNCC1)S(=O)(=O)N1C[C@H](CCCB(O)O)[C@](N)(C(=O)O)C1.NCC(N)C(=O)N(C1CCOCC1)S(=O)(=O)N1C[C@H](CCCB(O)O)[C@](N)(C(=O)O)C1.NCC(N)C(=O)N(c1ncco1)S(=O)(=O)N1C[C@H](CCCB(O)O)[C@](N)(C(=O)O)C1. The first-order chi connectivity index (χ1) is 67.0. The second-order valence-electron chi connectivity index (χ2n) is 36.4. The lowest BCUT2D eigenvalue weighted by Crippen LogP contribution is -2.60. The van der Waals surface area contributed by atoms with Crippen molar-refractivity contribution in [1.82, 2.24) is 49.0 Å². The lowest BCUT2D eigenvalue weighted by molar-refractivity contribution is -0.145. The van der Waals surface area contributed by atoms with Gasteiger partial charge in [0.1, 0.15) is 46.0 Å². The average molecular weight is 2180 g/mol. The summed E-state index contributed by atoms with van der Waals surface area (Å²) in [5.74, 6) is -16.3. The molecule has 0 spiro atoms. The number of carboxylic acids is 7. The number of aromatic nitrogens is 1. The van der Waals surface area contributed by atoms with E-state index >= 15 is 0 Å². The lowest BCUT2D eigenvalue weighted by atomic mass is 9.78. The van der Waals surface area contributed by atoms with Crippen molar-refractivity contribution in [3.8, 4) is 0 Å². The smallest absolute Gasteiger partial charge is 0.451 e. The average Bonchev–Trinajstić information content (AvgIpc) is 1.16. The minimum absolute atomic E-state index is 0.00299. The van der Waals surface area contributed by atoms with Gasteiger partial charge in [-0.15, -0.1) is 4.31 Å². The molecule has 1 aromatic heterocycles. The van der Waals surface area contributed by atoms with Crippen molar-refractivity contribution >= 4 is 152 Å². The van der Waals surface area contributed by atoms with E-state index in [0.717, 1.165) is 58.3 Å². The van der Waals surface area contributed by atoms with Crippen LogP contribution in [0.4, 0.5) is 6.01 Å². The maximum absolute atomic E-state index is 13.5. The van der Waals surface area contributed by atoms with E-state index in [2.05, 4.69) is 10.3 Å². The molecule has 8 rings (SSSR count). The standard InChI is InChI=1S/C16H33BN6O7S.C16H32BN5O8S.C14H25BN6O8S.C13H27BN4O8S.C12H25BN4O8S/c18-8-13(19)14(24)23(12-3-6-21-7-4-12)31(29,30)22-9-11(2-1-5-17(27)28)16(20,10-22)15(25)26;18-8-13(19)14(23)22(12-3-6-30-7-4-12)31(28,29)21-9-11(2-1-5-17(26)27)16(20,10-21)15(24)25;16-6-10(17)11(22)21(13-19-4-5-29-13)30(27,28)20-7-9(2-1-3-15(25)26)14(18,8-20)12(23)24;1-2-17(7-10(15)11(19)20)27(25,26)18-6-9(4-3-5-14(23)24)13(16,8-18)12(21)22;1-16(6-9(14)10(18)19)26(24,25)17-5-8(3-2-4-13(22)23)12(15,7-17)11(20)21/h11-13,21,27-28H,1-10,18-20H2,(H,25,26);11-13,26-27H,1-10,18-20H2,(H,24,25);4-5,9-10,25-26H,1-3,6-8,16-18H2,(H,23,24);9-10,23-24H,2-8,15-16H2,1H3,(H,19,20)(H,21,22);8-9,22-23H,2-7,14-15H2,1H3,(H,18,19)(H,20,21)/t2*11-,13?,16-;9-,10?,14-;9-,10?,13-;8-,9?,12-/m00000/s1. The molecule has 1 aromatic rings. The van der Waals surface area contributed by atoms with Crippen LogP contribution in [0.1, 0.15) is 96.8 Å². The van der Waals surface area contributed by atoms with Crippen molar-refractivity contribution in [2.75, 3.05) is 142 Å². The molecule has 7 saturated heterocycles. The predicted octanol–water partition coefficient (Wildman–Crippen LogP) is -17.5. The number of likely N-dealkylation sites (N-methyl/N-ethyl adjacent to an activating group) is 2. The van der Waals surface area contributed by atoms with Crippen molar-refractivity contribution in [3.63, 3.8) is 0 Å². The zero-order chi connectivity index (χ0) is 111. The van der Waals surface area contributed by atoms with E-state index in [1.54, 1.807) is 0 Å². The summed E-state index contributed by atoms with van der Waals surface area (Å²) in [5, 5.41) is 158. The van der Waals surface area contributed by atoms with E-state index in [4.69, 9.17) is 144 Å². The number of hydrogen-bond acceptors (Lipinski definition) is 47. The van der Waals surface area contributed by atoms with Crippen LogP contribution in [-0.2, 0) is 104 Å². The number of aliphatic carboxylic acids is 7. The molecule has 0 radical (unpaired) electrons. The Morgan fingerprint density at radius 1 is 0.414 bits per heavy atom. The zero-order valence-corrected chi connectivity index (χ0v) is 84.2. The zero-order valence-electron chi connectivity index (χ0n) is 80.1. The third-order valence-electron chi connectivity index (χ3n) is 26.0. The molecule has 64 nitrogen and oxygen atoms in total. The van der Waals surface area contributed by atoms with Gasteiger partial charge in [-0.25, -0.2) is 13.6 Å². The fourth-order valence-corrected chi connectivity index (χ4v) is 26.0. The Kier molecular flexibility index (Phi) is 50.4. The Bertz CT molecular complexity index is 4920. The molecule has 7 aliphatic rings. The minimum Gasteiger partial charge on any atom is -0.480 e. The van der Waals surface area contributed by atoms with Crippen LogP contribution in [0, 0.1) is 29.6 Å². The molecule has 7 fully saturated rings. The maximum atomic E-state index is 13.5. The summed E-state index contributed by atoms with van der Waals surface area (Å²) in [6, 6.07) is -8.57. The molecule has 7 aliphatic heterocycles. The molecule has 0 saturated carbocycles. The number of piperidine rings is 1. The van der Waals surface area contributed by atoms with Crippen LogP contribution in [0.5, 0.6) is 0 Å². The first kappa shape index (κ1) is 130. The van der Waals surface area contributed by atoms with Gasteiger partial charge in [-0.2, -0.15) is 72.2 Å². The molecular formula is C71H142B5N25O39S5. The minimum atomic E-state index is -4.67. The maximum Gasteiger partial charge on any atom is 0.451 e. The number of oxazole rings is 1. The van der Waals surface area contributed by atoms with Crippen LogP contribution in [0.25, 0.3) is 0 Å². The second kappa shape index (κ2) is 56.2. The van der Waals surface area contributed by atoms with E-state index in [1.165, 1.54) is 6.92 Å². The number of carboxylic acid groups (broad SMARTS) is 7. The number of carbonyl (C=O) groups is 10. The van der Waals surface area contributed by atoms with Gasteiger partial charge >= 0.3 is 114 Å². The first-order valence-electron chi connectivity index (χ1n) is 45.9. The van der Waals surface area contributed by atoms with Gasteiger partial charge in [0, 0.05) is 155 Å². The predicted molar refractivity (Wildman–Crippen MR) is 513 cm³/mol. The molecule has 8 heterocycles. The fourth-order valence-electron chi connectivity index (χ4n) is 17.2. The van der Waals surface area contributed by atoms with Gasteiger partial charge in [0.2, 0.25) is 0 Å². The quantitative estimate of drug-likeness (QED) is 0.0269. The Morgan fingerprint density at radius 3 is 0.945 bits per heavy atom. The van der Waals surface area contributed by atoms with E-state index in [-0.39, 0.29) is 185 Å². The van der Waals surface area contributed by atoms with Crippen LogP contribution < -0.4 is 84.2 Å². The molecule has 830 valence electrons. The monoisotopic (exact) mass is 2180 g/mol. The number of carbonyl (C=O) groups excluding carboxylic acids is 3. The highest BCUT2D eigenvalue weighted by molar-refractivity contribution is 7.91. The molecule has 5 unspecified atom stereocenters. The Morgan fingerprint density at radius 2 is 0.683 bits per heavy atom. The summed E-state index contributed by atoms with van der Waals surface area (Å²) in [6.45, 7) is -2.50. The van der Waals surface area contributed by atoms with E-state index in [1.807, 2.05) is 0 Å². The largest absolute Gasteiger partial charge is 0.480 e. The molecule has 15 atom stereocenters. The molecular weight excluding hydrogens is 2040 g/mol. The number of amides is 3. The highest BCUT2D eigenvalue weighted by Crippen LogP contribution is 2.41. The third kappa shape index (κ3) is 33.8. The van der Waals surface area contributed by atoms with Crippen molar-refractivity contribution in [3.05, 3.63) is 12.5 Å². The van der Waals surface area contributed by atoms with Crippen LogP contribution in [0.15, 0.2) is 16.9 Å². The molecule has 0 aromatic carbocycles. The van der Waals surface area contributed by atoms with Crippen LogP contribution in [0.3, 0.4) is 0 Å². The summed E-state index contributed by atoms with van der Waals surface area (Å²) in [6.07, 6.45) is 5.51. The number of nitrogens with two attached hydrogens (primary N) is 13. The molecule has 0 aliphatic carbocycles. The third-order valence-corrected chi connectivity index (χ3v) is 35.4. The van der Waals surface area contributed by atoms with Gasteiger partial charge in [0.05, 0.1) is 36.4 Å². The normalized spacial score (nSPS) is 25.4. The number of rotatable bonds is 51. The molecule has 44 N–H and O–H groups in total. The van der Waals surface area contributed by atoms with Gasteiger partial charge in [-0.05, 0) is 102 Å². The van der Waals surface area contributed by atoms with Crippen LogP contribution in [-0.4, -0.2) is 475 Å². The van der Waals surface area contributed by atoms with Gasteiger partial charge in [-0.1, -0.05) is 39.0 Å². The Hall–Kier alpha value is -7.30. The van der Waals surface area contributed by atoms with Crippen molar-refractivity contribution in [2.24, 2.45) is 104 Å². The van der Waals surface area contributed by atoms with Crippen molar-refractivity contribution in [2.45, 2.75) is 198 Å². The number of nitrogens with one attached hydrogen (secondary N) is 1. The molecule has 74 heteroatoms. The molecule has 0 bridgehead atoms. The Balaban J connectivity index is 0.000000378. The summed E-state index contributed by atoms with van der Waals surface area (Å²) in [7, 11) is -28.5. The summed E-state index contributed by atoms with van der Waals surface area (Å²) in [4.78, 5) is 123. The van der Waals surface area contributed by atoms with Crippen LogP contribution >= 0.6 is 0 Å². The fraction of sp³-hybridized carbons (Fsp3) is 0.817. The summed E-state index contributed by atoms with van der Waals surface area (Å²) < 4.78 is 149. The molecule has 3 amide bonds. The van der Waals surface area contributed by atoms with E-state index in [9.17, 15) is 116 Å². The van der Waals surface area contributed by atoms with Crippen molar-refractivity contribution in [1.29, 1.82) is 0 Å².